The van der Waals surface area contributed by atoms with Gasteiger partial charge in [0.1, 0.15) is 0 Å². The molecule has 1 aliphatic carbocycles. The largest absolute Gasteiger partial charge is 0.481 e. The maximum atomic E-state index is 11.9. The van der Waals surface area contributed by atoms with Crippen molar-refractivity contribution in [3.8, 4) is 0 Å². The summed E-state index contributed by atoms with van der Waals surface area (Å²) in [5.41, 5.74) is 0.627. The molecule has 1 aromatic carbocycles. The summed E-state index contributed by atoms with van der Waals surface area (Å²) in [7, 11) is 0. The van der Waals surface area contributed by atoms with Crippen LogP contribution in [0.1, 0.15) is 19.3 Å². The number of carbonyl (C=O) groups excluding carboxylic acids is 1. The summed E-state index contributed by atoms with van der Waals surface area (Å²) in [4.78, 5) is 23.0. The molecule has 3 N–H and O–H groups in total. The quantitative estimate of drug-likeness (QED) is 0.718. The van der Waals surface area contributed by atoms with Crippen LogP contribution in [0.3, 0.4) is 0 Å². The van der Waals surface area contributed by atoms with Crippen molar-refractivity contribution in [2.75, 3.05) is 5.32 Å². The van der Waals surface area contributed by atoms with Gasteiger partial charge in [0, 0.05) is 15.0 Å². The molecule has 0 aliphatic heterocycles. The van der Waals surface area contributed by atoms with Crippen molar-refractivity contribution in [3.63, 3.8) is 0 Å². The normalized spacial score (nSPS) is 21.5. The molecule has 2 atom stereocenters. The fourth-order valence-corrected chi connectivity index (χ4v) is 3.06. The zero-order valence-electron chi connectivity index (χ0n) is 10.5. The Balaban J connectivity index is 1.99. The summed E-state index contributed by atoms with van der Waals surface area (Å²) in [5, 5.41) is 14.5. The van der Waals surface area contributed by atoms with Crippen LogP contribution < -0.4 is 10.6 Å². The van der Waals surface area contributed by atoms with Crippen LogP contribution in [0.4, 0.5) is 10.5 Å². The Hall–Kier alpha value is -1.08. The summed E-state index contributed by atoms with van der Waals surface area (Å²) in [6.07, 6.45) is 2.13. The third-order valence-corrected chi connectivity index (χ3v) is 4.51. The van der Waals surface area contributed by atoms with Gasteiger partial charge in [0.15, 0.2) is 0 Å². The van der Waals surface area contributed by atoms with Crippen LogP contribution >= 0.6 is 31.9 Å². The number of carboxylic acid groups (broad SMARTS) is 1. The molecule has 1 saturated carbocycles. The van der Waals surface area contributed by atoms with Gasteiger partial charge in [-0.15, -0.1) is 0 Å². The van der Waals surface area contributed by atoms with Crippen LogP contribution in [-0.4, -0.2) is 23.1 Å². The first-order chi connectivity index (χ1) is 9.47. The Morgan fingerprint density at radius 3 is 2.70 bits per heavy atom. The fraction of sp³-hybridized carbons (Fsp3) is 0.385. The fourth-order valence-electron chi connectivity index (χ4n) is 2.35. The lowest BCUT2D eigenvalue weighted by atomic mass is 10.0. The molecule has 108 valence electrons. The van der Waals surface area contributed by atoms with Gasteiger partial charge in [0.25, 0.3) is 0 Å². The van der Waals surface area contributed by atoms with Crippen LogP contribution in [0.15, 0.2) is 27.1 Å². The molecule has 1 aliphatic rings. The summed E-state index contributed by atoms with van der Waals surface area (Å²) >= 11 is 6.68. The second kappa shape index (κ2) is 6.58. The number of hydrogen-bond acceptors (Lipinski definition) is 2. The molecule has 2 unspecified atom stereocenters. The van der Waals surface area contributed by atoms with Gasteiger partial charge < -0.3 is 15.7 Å². The summed E-state index contributed by atoms with van der Waals surface area (Å²) < 4.78 is 1.61. The van der Waals surface area contributed by atoms with Crippen LogP contribution in [0.2, 0.25) is 0 Å². The van der Waals surface area contributed by atoms with Crippen LogP contribution in [-0.2, 0) is 4.79 Å². The maximum Gasteiger partial charge on any atom is 0.319 e. The molecule has 20 heavy (non-hydrogen) atoms. The molecule has 0 spiro atoms. The van der Waals surface area contributed by atoms with E-state index >= 15 is 0 Å². The van der Waals surface area contributed by atoms with E-state index in [1.807, 2.05) is 12.1 Å². The Labute approximate surface area is 133 Å². The molecule has 2 rings (SSSR count). The lowest BCUT2D eigenvalue weighted by Gasteiger charge is -2.18. The second-order valence-electron chi connectivity index (χ2n) is 4.70. The standard InChI is InChI=1S/C13H14Br2N2O3/c14-7-4-5-9(15)11(6-7)17-13(20)16-10-3-1-2-8(10)12(18)19/h4-6,8,10H,1-3H2,(H,18,19)(H2,16,17,20). The van der Waals surface area contributed by atoms with Crippen molar-refractivity contribution in [1.29, 1.82) is 0 Å². The molecule has 0 radical (unpaired) electrons. The molecule has 5 nitrogen and oxygen atoms in total. The highest BCUT2D eigenvalue weighted by molar-refractivity contribution is 9.11. The highest BCUT2D eigenvalue weighted by Gasteiger charge is 2.33. The van der Waals surface area contributed by atoms with E-state index in [4.69, 9.17) is 5.11 Å². The predicted octanol–water partition coefficient (Wildman–Crippen LogP) is 3.59. The summed E-state index contributed by atoms with van der Waals surface area (Å²) in [6, 6.07) is 4.74. The molecule has 1 aromatic rings. The lowest BCUT2D eigenvalue weighted by Crippen LogP contribution is -2.42. The van der Waals surface area contributed by atoms with Gasteiger partial charge in [-0.3, -0.25) is 4.79 Å². The van der Waals surface area contributed by atoms with Gasteiger partial charge in [0.05, 0.1) is 11.6 Å². The van der Waals surface area contributed by atoms with Gasteiger partial charge >= 0.3 is 12.0 Å². The summed E-state index contributed by atoms with van der Waals surface area (Å²) in [6.45, 7) is 0. The van der Waals surface area contributed by atoms with E-state index in [-0.39, 0.29) is 12.1 Å². The van der Waals surface area contributed by atoms with E-state index in [0.717, 1.165) is 15.4 Å². The van der Waals surface area contributed by atoms with Gasteiger partial charge in [-0.1, -0.05) is 22.4 Å². The van der Waals surface area contributed by atoms with E-state index in [1.165, 1.54) is 0 Å². The Kier molecular flexibility index (Phi) is 5.04. The number of halogens is 2. The number of amides is 2. The van der Waals surface area contributed by atoms with Crippen molar-refractivity contribution < 1.29 is 14.7 Å². The molecule has 0 heterocycles. The van der Waals surface area contributed by atoms with Crippen molar-refractivity contribution in [2.24, 2.45) is 5.92 Å². The molecular weight excluding hydrogens is 392 g/mol. The third kappa shape index (κ3) is 3.73. The van der Waals surface area contributed by atoms with Gasteiger partial charge in [0.2, 0.25) is 0 Å². The average Bonchev–Trinajstić information content (AvgIpc) is 2.82. The predicted molar refractivity (Wildman–Crippen MR) is 82.8 cm³/mol. The topological polar surface area (TPSA) is 78.4 Å². The average molecular weight is 406 g/mol. The smallest absolute Gasteiger partial charge is 0.319 e. The zero-order valence-corrected chi connectivity index (χ0v) is 13.7. The van der Waals surface area contributed by atoms with Crippen molar-refractivity contribution in [2.45, 2.75) is 25.3 Å². The SMILES string of the molecule is O=C(Nc1cc(Br)ccc1Br)NC1CCCC1C(=O)O. The minimum absolute atomic E-state index is 0.307. The molecule has 0 saturated heterocycles. The first-order valence-corrected chi connectivity index (χ1v) is 7.81. The number of rotatable bonds is 3. The van der Waals surface area contributed by atoms with Crippen LogP contribution in [0.25, 0.3) is 0 Å². The van der Waals surface area contributed by atoms with Crippen LogP contribution in [0, 0.1) is 5.92 Å². The second-order valence-corrected chi connectivity index (χ2v) is 6.47. The lowest BCUT2D eigenvalue weighted by molar-refractivity contribution is -0.142. The number of nitrogens with one attached hydrogen (secondary N) is 2. The highest BCUT2D eigenvalue weighted by atomic mass is 79.9. The molecule has 1 fully saturated rings. The zero-order chi connectivity index (χ0) is 14.7. The number of carboxylic acids is 1. The van der Waals surface area contributed by atoms with Crippen LogP contribution in [0.5, 0.6) is 0 Å². The number of anilines is 1. The van der Waals surface area contributed by atoms with E-state index in [2.05, 4.69) is 42.5 Å². The summed E-state index contributed by atoms with van der Waals surface area (Å²) in [5.74, 6) is -1.34. The van der Waals surface area contributed by atoms with E-state index in [1.54, 1.807) is 6.07 Å². The van der Waals surface area contributed by atoms with E-state index in [0.29, 0.717) is 18.5 Å². The van der Waals surface area contributed by atoms with Crippen molar-refractivity contribution >= 4 is 49.5 Å². The van der Waals surface area contributed by atoms with Gasteiger partial charge in [-0.05, 0) is 47.0 Å². The monoisotopic (exact) mass is 404 g/mol. The number of aliphatic carboxylic acids is 1. The molecule has 0 bridgehead atoms. The minimum Gasteiger partial charge on any atom is -0.481 e. The van der Waals surface area contributed by atoms with Crippen molar-refractivity contribution in [1.82, 2.24) is 5.32 Å². The van der Waals surface area contributed by atoms with E-state index in [9.17, 15) is 9.59 Å². The number of hydrogen-bond donors (Lipinski definition) is 3. The highest BCUT2D eigenvalue weighted by Crippen LogP contribution is 2.28. The van der Waals surface area contributed by atoms with Gasteiger partial charge in [-0.25, -0.2) is 4.79 Å². The number of benzene rings is 1. The van der Waals surface area contributed by atoms with E-state index < -0.39 is 11.9 Å². The number of urea groups is 1. The van der Waals surface area contributed by atoms with Crippen molar-refractivity contribution in [3.05, 3.63) is 27.1 Å². The van der Waals surface area contributed by atoms with Gasteiger partial charge in [-0.2, -0.15) is 0 Å². The molecule has 7 heteroatoms. The minimum atomic E-state index is -0.851. The molecule has 2 amide bonds. The first kappa shape index (κ1) is 15.3. The Morgan fingerprint density at radius 2 is 2.00 bits per heavy atom. The first-order valence-electron chi connectivity index (χ1n) is 6.23. The number of carbonyl (C=O) groups is 2. The Bertz CT molecular complexity index is 536. The molecular formula is C13H14Br2N2O3. The Morgan fingerprint density at radius 1 is 1.25 bits per heavy atom. The third-order valence-electron chi connectivity index (χ3n) is 3.33. The maximum absolute atomic E-state index is 11.9. The molecule has 0 aromatic heterocycles.